The summed E-state index contributed by atoms with van der Waals surface area (Å²) in [6.45, 7) is 1.38. The fraction of sp³-hybridized carbons (Fsp3) is 0.778. The highest BCUT2D eigenvalue weighted by atomic mass is 35.5. The third-order valence-corrected chi connectivity index (χ3v) is 1.84. The second kappa shape index (κ2) is 8.49. The van der Waals surface area contributed by atoms with Crippen LogP contribution in [0.4, 0.5) is 0 Å². The molecule has 0 aromatic heterocycles. The van der Waals surface area contributed by atoms with Crippen molar-refractivity contribution in [3.63, 3.8) is 0 Å². The number of amides is 2. The van der Waals surface area contributed by atoms with Crippen LogP contribution < -0.4 is 10.6 Å². The highest BCUT2D eigenvalue weighted by Gasteiger charge is 2.03. The Balaban J connectivity index is 3.45. The Morgan fingerprint density at radius 3 is 2.40 bits per heavy atom. The molecule has 5 nitrogen and oxygen atoms in total. The first kappa shape index (κ1) is 14.2. The molecule has 0 atom stereocenters. The summed E-state index contributed by atoms with van der Waals surface area (Å²) in [5.41, 5.74) is 0. The first-order valence-electron chi connectivity index (χ1n) is 4.80. The molecule has 2 N–H and O–H groups in total. The second-order valence-electron chi connectivity index (χ2n) is 3.37. The number of carbonyl (C=O) groups excluding carboxylic acids is 2. The molecule has 0 radical (unpaired) electrons. The van der Waals surface area contributed by atoms with Gasteiger partial charge in [0.05, 0.1) is 6.54 Å². The minimum absolute atomic E-state index is 0.0170. The number of rotatable bonds is 7. The van der Waals surface area contributed by atoms with Crippen LogP contribution in [0, 0.1) is 0 Å². The molecular formula is C9H18ClN3O2. The van der Waals surface area contributed by atoms with Gasteiger partial charge in [-0.25, -0.2) is 0 Å². The zero-order chi connectivity index (χ0) is 11.7. The standard InChI is InChI=1S/C9H18ClN3O2/c1-13(2)6-5-11-9(15)7-12-8(14)3-4-10/h3-7H2,1-2H3,(H,11,15)(H,12,14). The molecular weight excluding hydrogens is 218 g/mol. The van der Waals surface area contributed by atoms with Crippen molar-refractivity contribution in [1.82, 2.24) is 15.5 Å². The summed E-state index contributed by atoms with van der Waals surface area (Å²) >= 11 is 5.36. The molecule has 88 valence electrons. The first-order valence-corrected chi connectivity index (χ1v) is 5.33. The Labute approximate surface area is 95.1 Å². The zero-order valence-corrected chi connectivity index (χ0v) is 9.93. The third kappa shape index (κ3) is 9.49. The maximum Gasteiger partial charge on any atom is 0.239 e. The molecule has 0 aliphatic heterocycles. The lowest BCUT2D eigenvalue weighted by Gasteiger charge is -2.10. The monoisotopic (exact) mass is 235 g/mol. The first-order chi connectivity index (χ1) is 7.06. The van der Waals surface area contributed by atoms with E-state index in [-0.39, 0.29) is 30.7 Å². The van der Waals surface area contributed by atoms with E-state index in [4.69, 9.17) is 11.6 Å². The van der Waals surface area contributed by atoms with Crippen molar-refractivity contribution in [1.29, 1.82) is 0 Å². The third-order valence-electron chi connectivity index (χ3n) is 1.65. The van der Waals surface area contributed by atoms with Gasteiger partial charge in [0.2, 0.25) is 11.8 Å². The average Bonchev–Trinajstić information content (AvgIpc) is 2.14. The molecule has 0 spiro atoms. The van der Waals surface area contributed by atoms with Crippen LogP contribution in [0.1, 0.15) is 6.42 Å². The number of likely N-dealkylation sites (N-methyl/N-ethyl adjacent to an activating group) is 1. The Kier molecular flexibility index (Phi) is 8.04. The molecule has 15 heavy (non-hydrogen) atoms. The van der Waals surface area contributed by atoms with Gasteiger partial charge in [0.25, 0.3) is 0 Å². The van der Waals surface area contributed by atoms with Crippen molar-refractivity contribution in [2.45, 2.75) is 6.42 Å². The van der Waals surface area contributed by atoms with Gasteiger partial charge >= 0.3 is 0 Å². The maximum atomic E-state index is 11.2. The van der Waals surface area contributed by atoms with E-state index in [0.717, 1.165) is 6.54 Å². The highest BCUT2D eigenvalue weighted by molar-refractivity contribution is 6.18. The predicted octanol–water partition coefficient (Wildman–Crippen LogP) is -0.591. The Morgan fingerprint density at radius 1 is 1.20 bits per heavy atom. The average molecular weight is 236 g/mol. The van der Waals surface area contributed by atoms with Gasteiger partial charge in [0, 0.05) is 25.4 Å². The van der Waals surface area contributed by atoms with Gasteiger partial charge in [0.15, 0.2) is 0 Å². The van der Waals surface area contributed by atoms with Gasteiger partial charge < -0.3 is 15.5 Å². The van der Waals surface area contributed by atoms with E-state index in [1.165, 1.54) is 0 Å². The van der Waals surface area contributed by atoms with Crippen molar-refractivity contribution < 1.29 is 9.59 Å². The number of nitrogens with zero attached hydrogens (tertiary/aromatic N) is 1. The fourth-order valence-electron chi connectivity index (χ4n) is 0.835. The van der Waals surface area contributed by atoms with Gasteiger partial charge in [-0.2, -0.15) is 0 Å². The van der Waals surface area contributed by atoms with Gasteiger partial charge in [0.1, 0.15) is 0 Å². The van der Waals surface area contributed by atoms with Crippen LogP contribution in [0.5, 0.6) is 0 Å². The molecule has 0 aliphatic carbocycles. The topological polar surface area (TPSA) is 61.4 Å². The van der Waals surface area contributed by atoms with E-state index in [0.29, 0.717) is 6.54 Å². The molecule has 0 unspecified atom stereocenters. The van der Waals surface area contributed by atoms with Crippen molar-refractivity contribution in [3.8, 4) is 0 Å². The van der Waals surface area contributed by atoms with E-state index in [1.807, 2.05) is 19.0 Å². The summed E-state index contributed by atoms with van der Waals surface area (Å²) < 4.78 is 0. The molecule has 0 saturated heterocycles. The quantitative estimate of drug-likeness (QED) is 0.580. The molecule has 0 saturated carbocycles. The zero-order valence-electron chi connectivity index (χ0n) is 9.18. The molecule has 0 aromatic rings. The fourth-order valence-corrected chi connectivity index (χ4v) is 1.01. The van der Waals surface area contributed by atoms with Crippen LogP contribution >= 0.6 is 11.6 Å². The van der Waals surface area contributed by atoms with E-state index in [2.05, 4.69) is 10.6 Å². The number of carbonyl (C=O) groups is 2. The van der Waals surface area contributed by atoms with Gasteiger partial charge in [-0.05, 0) is 14.1 Å². The largest absolute Gasteiger partial charge is 0.353 e. The van der Waals surface area contributed by atoms with E-state index in [1.54, 1.807) is 0 Å². The molecule has 6 heteroatoms. The number of hydrogen-bond acceptors (Lipinski definition) is 3. The Hall–Kier alpha value is -0.810. The molecule has 0 rings (SSSR count). The Bertz CT molecular complexity index is 210. The summed E-state index contributed by atoms with van der Waals surface area (Å²) in [5, 5.41) is 5.16. The lowest BCUT2D eigenvalue weighted by atomic mass is 10.4. The van der Waals surface area contributed by atoms with Gasteiger partial charge in [-0.3, -0.25) is 9.59 Å². The van der Waals surface area contributed by atoms with Crippen LogP contribution in [-0.4, -0.2) is 56.3 Å². The van der Waals surface area contributed by atoms with Crippen LogP contribution in [0.25, 0.3) is 0 Å². The number of hydrogen-bond donors (Lipinski definition) is 2. The summed E-state index contributed by atoms with van der Waals surface area (Å²) in [5.74, 6) is -0.110. The van der Waals surface area contributed by atoms with Crippen LogP contribution in [0.3, 0.4) is 0 Å². The number of nitrogens with one attached hydrogen (secondary N) is 2. The minimum atomic E-state index is -0.201. The van der Waals surface area contributed by atoms with E-state index >= 15 is 0 Å². The lowest BCUT2D eigenvalue weighted by molar-refractivity contribution is -0.125. The lowest BCUT2D eigenvalue weighted by Crippen LogP contribution is -2.39. The SMILES string of the molecule is CN(C)CCNC(=O)CNC(=O)CCCl. The minimum Gasteiger partial charge on any atom is -0.353 e. The molecule has 0 heterocycles. The molecule has 0 aliphatic rings. The van der Waals surface area contributed by atoms with Crippen LogP contribution in [0.15, 0.2) is 0 Å². The normalized spacial score (nSPS) is 10.1. The highest BCUT2D eigenvalue weighted by Crippen LogP contribution is 1.83. The smallest absolute Gasteiger partial charge is 0.239 e. The summed E-state index contributed by atoms with van der Waals surface area (Å²) in [6.07, 6.45) is 0.243. The van der Waals surface area contributed by atoms with Crippen molar-refractivity contribution >= 4 is 23.4 Å². The van der Waals surface area contributed by atoms with E-state index < -0.39 is 0 Å². The molecule has 2 amide bonds. The van der Waals surface area contributed by atoms with Crippen molar-refractivity contribution in [3.05, 3.63) is 0 Å². The molecule has 0 fully saturated rings. The molecule has 0 aromatic carbocycles. The predicted molar refractivity (Wildman–Crippen MR) is 59.9 cm³/mol. The van der Waals surface area contributed by atoms with E-state index in [9.17, 15) is 9.59 Å². The maximum absolute atomic E-state index is 11.2. The summed E-state index contributed by atoms with van der Waals surface area (Å²) in [7, 11) is 3.85. The molecule has 0 bridgehead atoms. The van der Waals surface area contributed by atoms with Crippen molar-refractivity contribution in [2.24, 2.45) is 0 Å². The number of alkyl halides is 1. The van der Waals surface area contributed by atoms with Crippen molar-refractivity contribution in [2.75, 3.05) is 39.6 Å². The Morgan fingerprint density at radius 2 is 1.87 bits per heavy atom. The summed E-state index contributed by atoms with van der Waals surface area (Å²) in [4.78, 5) is 24.1. The second-order valence-corrected chi connectivity index (χ2v) is 3.75. The van der Waals surface area contributed by atoms with Gasteiger partial charge in [-0.15, -0.1) is 11.6 Å². The van der Waals surface area contributed by atoms with Gasteiger partial charge in [-0.1, -0.05) is 0 Å². The van der Waals surface area contributed by atoms with Crippen LogP contribution in [0.2, 0.25) is 0 Å². The number of halogens is 1. The summed E-state index contributed by atoms with van der Waals surface area (Å²) in [6, 6.07) is 0. The van der Waals surface area contributed by atoms with Crippen LogP contribution in [-0.2, 0) is 9.59 Å².